The van der Waals surface area contributed by atoms with Crippen LogP contribution in [0.3, 0.4) is 0 Å². The summed E-state index contributed by atoms with van der Waals surface area (Å²) in [5, 5.41) is 7.40. The lowest BCUT2D eigenvalue weighted by Gasteiger charge is -2.33. The van der Waals surface area contributed by atoms with Gasteiger partial charge in [-0.15, -0.1) is 0 Å². The second-order valence-electron chi connectivity index (χ2n) is 6.17. The number of piperidine rings is 1. The van der Waals surface area contributed by atoms with E-state index in [0.717, 1.165) is 38.4 Å². The molecule has 1 aliphatic rings. The van der Waals surface area contributed by atoms with Crippen LogP contribution >= 0.6 is 0 Å². The van der Waals surface area contributed by atoms with E-state index in [2.05, 4.69) is 23.9 Å². The predicted octanol–water partition coefficient (Wildman–Crippen LogP) is 1.88. The minimum Gasteiger partial charge on any atom is -0.384 e. The van der Waals surface area contributed by atoms with Crippen LogP contribution in [-0.2, 0) is 6.54 Å². The first-order chi connectivity index (χ1) is 9.97. The Bertz CT molecular complexity index is 493. The fourth-order valence-electron chi connectivity index (χ4n) is 2.99. The number of rotatable bonds is 5. The summed E-state index contributed by atoms with van der Waals surface area (Å²) < 4.78 is 14.3. The lowest BCUT2D eigenvalue weighted by atomic mass is 9.96. The molecule has 0 unspecified atom stereocenters. The smallest absolute Gasteiger partial charge is 0.138 e. The van der Waals surface area contributed by atoms with E-state index in [0.29, 0.717) is 12.1 Å². The maximum atomic E-state index is 14.3. The molecule has 1 heterocycles. The number of nitrogens with zero attached hydrogens (tertiary/aromatic N) is 2. The van der Waals surface area contributed by atoms with Crippen molar-refractivity contribution in [3.8, 4) is 0 Å². The van der Waals surface area contributed by atoms with Gasteiger partial charge in [-0.2, -0.15) is 0 Å². The van der Waals surface area contributed by atoms with Crippen LogP contribution in [0.1, 0.15) is 24.0 Å². The van der Waals surface area contributed by atoms with Gasteiger partial charge in [0.15, 0.2) is 0 Å². The average molecular weight is 292 g/mol. The van der Waals surface area contributed by atoms with Gasteiger partial charge in [0.05, 0.1) is 5.56 Å². The first kappa shape index (κ1) is 15.9. The van der Waals surface area contributed by atoms with Gasteiger partial charge in [0, 0.05) is 18.7 Å². The Balaban J connectivity index is 1.95. The normalized spacial score (nSPS) is 17.3. The summed E-state index contributed by atoms with van der Waals surface area (Å²) in [6, 6.07) is 5.12. The molecule has 3 N–H and O–H groups in total. The Morgan fingerprint density at radius 2 is 2.05 bits per heavy atom. The highest BCUT2D eigenvalue weighted by molar-refractivity contribution is 5.95. The van der Waals surface area contributed by atoms with Crippen LogP contribution < -0.4 is 5.73 Å². The third kappa shape index (κ3) is 4.25. The molecule has 1 aliphatic heterocycles. The molecule has 0 bridgehead atoms. The molecule has 0 amide bonds. The number of likely N-dealkylation sites (tertiary alicyclic amines) is 1. The van der Waals surface area contributed by atoms with E-state index in [9.17, 15) is 4.39 Å². The number of hydrogen-bond donors (Lipinski definition) is 2. The van der Waals surface area contributed by atoms with E-state index in [1.54, 1.807) is 18.2 Å². The standard InChI is InChI=1S/C16H25FN4/c1-20(2)10-12-6-8-21(9-7-12)11-13-4-3-5-14(15(13)17)16(18)19/h3-5,12H,6-11H2,1-2H3,(H3,18,19). The van der Waals surface area contributed by atoms with Gasteiger partial charge in [0.2, 0.25) is 0 Å². The minimum atomic E-state index is -0.347. The highest BCUT2D eigenvalue weighted by Crippen LogP contribution is 2.21. The summed E-state index contributed by atoms with van der Waals surface area (Å²) in [6.07, 6.45) is 2.32. The van der Waals surface area contributed by atoms with E-state index in [1.807, 2.05) is 0 Å². The first-order valence-electron chi connectivity index (χ1n) is 7.46. The Hall–Kier alpha value is -1.46. The molecule has 1 saturated heterocycles. The molecule has 0 atom stereocenters. The van der Waals surface area contributed by atoms with Crippen molar-refractivity contribution in [2.75, 3.05) is 33.7 Å². The molecule has 0 radical (unpaired) electrons. The lowest BCUT2D eigenvalue weighted by Crippen LogP contribution is -2.36. The average Bonchev–Trinajstić information content (AvgIpc) is 2.42. The summed E-state index contributed by atoms with van der Waals surface area (Å²) in [7, 11) is 4.21. The molecule has 4 nitrogen and oxygen atoms in total. The van der Waals surface area contributed by atoms with Gasteiger partial charge in [-0.1, -0.05) is 12.1 Å². The lowest BCUT2D eigenvalue weighted by molar-refractivity contribution is 0.155. The molecule has 1 aromatic carbocycles. The van der Waals surface area contributed by atoms with E-state index >= 15 is 0 Å². The summed E-state index contributed by atoms with van der Waals surface area (Å²) >= 11 is 0. The van der Waals surface area contributed by atoms with Crippen molar-refractivity contribution < 1.29 is 4.39 Å². The molecule has 21 heavy (non-hydrogen) atoms. The van der Waals surface area contributed by atoms with Crippen LogP contribution in [0, 0.1) is 17.1 Å². The SMILES string of the molecule is CN(C)CC1CCN(Cc2cccc(C(=N)N)c2F)CC1. The molecule has 1 aromatic rings. The Labute approximate surface area is 126 Å². The van der Waals surface area contributed by atoms with E-state index in [4.69, 9.17) is 11.1 Å². The Kier molecular flexibility index (Phi) is 5.31. The van der Waals surface area contributed by atoms with Gasteiger partial charge in [-0.25, -0.2) is 4.39 Å². The molecule has 0 saturated carbocycles. The molecule has 0 aromatic heterocycles. The zero-order chi connectivity index (χ0) is 15.4. The molecule has 1 fully saturated rings. The minimum absolute atomic E-state index is 0.204. The fourth-order valence-corrected chi connectivity index (χ4v) is 2.99. The van der Waals surface area contributed by atoms with Gasteiger partial charge in [-0.3, -0.25) is 10.3 Å². The molecule has 2 rings (SSSR count). The first-order valence-corrected chi connectivity index (χ1v) is 7.46. The zero-order valence-electron chi connectivity index (χ0n) is 12.9. The van der Waals surface area contributed by atoms with E-state index in [-0.39, 0.29) is 17.2 Å². The van der Waals surface area contributed by atoms with E-state index < -0.39 is 0 Å². The van der Waals surface area contributed by atoms with Crippen LogP contribution in [0.25, 0.3) is 0 Å². The second kappa shape index (κ2) is 7.00. The third-order valence-electron chi connectivity index (χ3n) is 4.09. The number of amidine groups is 1. The number of nitrogen functional groups attached to an aromatic ring is 1. The molecular formula is C16H25FN4. The van der Waals surface area contributed by atoms with Crippen molar-refractivity contribution in [3.05, 3.63) is 35.1 Å². The highest BCUT2D eigenvalue weighted by atomic mass is 19.1. The largest absolute Gasteiger partial charge is 0.384 e. The van der Waals surface area contributed by atoms with Crippen molar-refractivity contribution in [3.63, 3.8) is 0 Å². The molecule has 0 spiro atoms. The number of nitrogens with one attached hydrogen (secondary N) is 1. The fraction of sp³-hybridized carbons (Fsp3) is 0.562. The van der Waals surface area contributed by atoms with Crippen LogP contribution in [0.15, 0.2) is 18.2 Å². The van der Waals surface area contributed by atoms with Gasteiger partial charge in [-0.05, 0) is 52.0 Å². The Morgan fingerprint density at radius 3 is 2.62 bits per heavy atom. The third-order valence-corrected chi connectivity index (χ3v) is 4.09. The maximum Gasteiger partial charge on any atom is 0.138 e. The molecule has 116 valence electrons. The predicted molar refractivity (Wildman–Crippen MR) is 84.0 cm³/mol. The summed E-state index contributed by atoms with van der Waals surface area (Å²) in [5.41, 5.74) is 6.24. The molecule has 5 heteroatoms. The van der Waals surface area contributed by atoms with E-state index in [1.165, 1.54) is 0 Å². The number of nitrogens with two attached hydrogens (primary N) is 1. The summed E-state index contributed by atoms with van der Waals surface area (Å²) in [5.74, 6) is 0.184. The highest BCUT2D eigenvalue weighted by Gasteiger charge is 2.21. The van der Waals surface area contributed by atoms with Crippen molar-refractivity contribution >= 4 is 5.84 Å². The maximum absolute atomic E-state index is 14.3. The Morgan fingerprint density at radius 1 is 1.38 bits per heavy atom. The van der Waals surface area contributed by atoms with Crippen LogP contribution in [0.5, 0.6) is 0 Å². The van der Waals surface area contributed by atoms with Crippen LogP contribution in [0.2, 0.25) is 0 Å². The van der Waals surface area contributed by atoms with Gasteiger partial charge >= 0.3 is 0 Å². The molecule has 0 aliphatic carbocycles. The molecular weight excluding hydrogens is 267 g/mol. The number of hydrogen-bond acceptors (Lipinski definition) is 3. The summed E-state index contributed by atoms with van der Waals surface area (Å²) in [6.45, 7) is 3.73. The summed E-state index contributed by atoms with van der Waals surface area (Å²) in [4.78, 5) is 4.52. The van der Waals surface area contributed by atoms with Gasteiger partial charge < -0.3 is 10.6 Å². The van der Waals surface area contributed by atoms with Crippen molar-refractivity contribution in [1.29, 1.82) is 5.41 Å². The topological polar surface area (TPSA) is 56.4 Å². The van der Waals surface area contributed by atoms with Crippen molar-refractivity contribution in [2.24, 2.45) is 11.7 Å². The van der Waals surface area contributed by atoms with Crippen LogP contribution in [0.4, 0.5) is 4.39 Å². The monoisotopic (exact) mass is 292 g/mol. The van der Waals surface area contributed by atoms with Gasteiger partial charge in [0.1, 0.15) is 11.7 Å². The van der Waals surface area contributed by atoms with Crippen LogP contribution in [-0.4, -0.2) is 49.4 Å². The van der Waals surface area contributed by atoms with Crippen molar-refractivity contribution in [1.82, 2.24) is 9.80 Å². The quantitative estimate of drug-likeness (QED) is 0.643. The zero-order valence-corrected chi connectivity index (χ0v) is 12.9. The number of halogens is 1. The van der Waals surface area contributed by atoms with Crippen molar-refractivity contribution in [2.45, 2.75) is 19.4 Å². The number of benzene rings is 1. The second-order valence-corrected chi connectivity index (χ2v) is 6.17. The van der Waals surface area contributed by atoms with Gasteiger partial charge in [0.25, 0.3) is 0 Å².